The van der Waals surface area contributed by atoms with Crippen LogP contribution in [0.3, 0.4) is 0 Å². The minimum Gasteiger partial charge on any atom is -0.166 e. The largest absolute Gasteiger partial charge is 0.416 e. The van der Waals surface area contributed by atoms with Crippen LogP contribution < -0.4 is 0 Å². The van der Waals surface area contributed by atoms with E-state index in [1.165, 1.54) is 12.1 Å². The zero-order valence-electron chi connectivity index (χ0n) is 12.8. The topological polar surface area (TPSA) is 0 Å². The van der Waals surface area contributed by atoms with Gasteiger partial charge in [0, 0.05) is 0 Å². The summed E-state index contributed by atoms with van der Waals surface area (Å²) in [5.74, 6) is 2.73. The van der Waals surface area contributed by atoms with Gasteiger partial charge in [-0.25, -0.2) is 0 Å². The highest BCUT2D eigenvalue weighted by Gasteiger charge is 2.38. The zero-order valence-corrected chi connectivity index (χ0v) is 14.4. The van der Waals surface area contributed by atoms with E-state index < -0.39 is 11.7 Å². The maximum absolute atomic E-state index is 12.6. The van der Waals surface area contributed by atoms with Crippen LogP contribution in [0.2, 0.25) is 0 Å². The molecule has 0 amide bonds. The highest BCUT2D eigenvalue weighted by Crippen LogP contribution is 2.53. The number of alkyl halides is 3. The molecule has 1 aliphatic heterocycles. The first-order chi connectivity index (χ1) is 9.52. The van der Waals surface area contributed by atoms with Crippen molar-refractivity contribution in [2.24, 2.45) is 11.3 Å². The summed E-state index contributed by atoms with van der Waals surface area (Å²) in [7, 11) is 0. The Bertz CT molecular complexity index is 478. The molecule has 1 aromatic rings. The van der Waals surface area contributed by atoms with E-state index in [0.29, 0.717) is 5.92 Å². The average molecular weight is 334 g/mol. The van der Waals surface area contributed by atoms with Gasteiger partial charge in [0.05, 0.1) is 9.64 Å². The van der Waals surface area contributed by atoms with Gasteiger partial charge in [-0.15, -0.1) is 23.5 Å². The Kier molecular flexibility index (Phi) is 4.66. The van der Waals surface area contributed by atoms with Crippen LogP contribution in [0.25, 0.3) is 0 Å². The van der Waals surface area contributed by atoms with E-state index in [4.69, 9.17) is 0 Å². The summed E-state index contributed by atoms with van der Waals surface area (Å²) in [5.41, 5.74) is 0.674. The molecule has 1 heterocycles. The normalized spacial score (nSPS) is 27.7. The van der Waals surface area contributed by atoms with E-state index in [-0.39, 0.29) is 9.49 Å². The Morgan fingerprint density at radius 1 is 1.00 bits per heavy atom. The zero-order chi connectivity index (χ0) is 15.9. The summed E-state index contributed by atoms with van der Waals surface area (Å²) in [5, 5.41) is 0. The minimum absolute atomic E-state index is 0.147. The van der Waals surface area contributed by atoms with Crippen molar-refractivity contribution >= 4 is 23.5 Å². The second kappa shape index (κ2) is 5.73. The summed E-state index contributed by atoms with van der Waals surface area (Å²) < 4.78 is 37.7. The summed E-state index contributed by atoms with van der Waals surface area (Å²) in [4.78, 5) is 0. The van der Waals surface area contributed by atoms with Crippen LogP contribution in [0, 0.1) is 11.3 Å². The number of benzene rings is 1. The number of hydrogen-bond donors (Lipinski definition) is 0. The van der Waals surface area contributed by atoms with Gasteiger partial charge in [-0.3, -0.25) is 0 Å². The Balaban J connectivity index is 2.12. The Morgan fingerprint density at radius 2 is 1.48 bits per heavy atom. The van der Waals surface area contributed by atoms with E-state index in [1.807, 2.05) is 23.5 Å². The second-order valence-electron chi connectivity index (χ2n) is 6.71. The molecule has 2 rings (SSSR count). The van der Waals surface area contributed by atoms with Crippen molar-refractivity contribution in [3.63, 3.8) is 0 Å². The molecule has 0 N–H and O–H groups in total. The van der Waals surface area contributed by atoms with Crippen molar-refractivity contribution in [2.45, 2.75) is 38.0 Å². The van der Waals surface area contributed by atoms with Crippen molar-refractivity contribution in [1.29, 1.82) is 0 Å². The molecule has 1 aromatic carbocycles. The van der Waals surface area contributed by atoms with E-state index in [9.17, 15) is 13.2 Å². The van der Waals surface area contributed by atoms with Gasteiger partial charge in [0.1, 0.15) is 0 Å². The van der Waals surface area contributed by atoms with Crippen molar-refractivity contribution in [3.05, 3.63) is 35.4 Å². The van der Waals surface area contributed by atoms with E-state index >= 15 is 0 Å². The third-order valence-electron chi connectivity index (χ3n) is 4.08. The predicted octanol–water partition coefficient (Wildman–Crippen LogP) is 6.02. The van der Waals surface area contributed by atoms with Crippen molar-refractivity contribution in [3.8, 4) is 0 Å². The smallest absolute Gasteiger partial charge is 0.166 e. The lowest BCUT2D eigenvalue weighted by Gasteiger charge is -2.41. The molecular weight excluding hydrogens is 313 g/mol. The molecule has 0 aromatic heterocycles. The third-order valence-corrected chi connectivity index (χ3v) is 7.50. The number of rotatable bonds is 1. The first kappa shape index (κ1) is 17.1. The molecule has 0 atom stereocenters. The highest BCUT2D eigenvalue weighted by molar-refractivity contribution is 8.18. The SMILES string of the molecule is CC(C)(C)[C@H]1CS[C@](C)(c2ccc(C(F)(F)F)cc2)SC1. The van der Waals surface area contributed by atoms with Gasteiger partial charge in [0.15, 0.2) is 0 Å². The number of halogens is 3. The number of hydrogen-bond acceptors (Lipinski definition) is 2. The molecular formula is C16H21F3S2. The van der Waals surface area contributed by atoms with Crippen molar-refractivity contribution < 1.29 is 13.2 Å². The maximum Gasteiger partial charge on any atom is 0.416 e. The highest BCUT2D eigenvalue weighted by atomic mass is 32.2. The summed E-state index contributed by atoms with van der Waals surface area (Å²) in [6.45, 7) is 8.86. The second-order valence-corrected chi connectivity index (χ2v) is 9.84. The van der Waals surface area contributed by atoms with Crippen LogP contribution >= 0.6 is 23.5 Å². The van der Waals surface area contributed by atoms with E-state index in [0.717, 1.165) is 17.1 Å². The molecule has 1 saturated heterocycles. The molecule has 0 bridgehead atoms. The summed E-state index contributed by atoms with van der Waals surface area (Å²) in [6, 6.07) is 5.63. The van der Waals surface area contributed by atoms with Gasteiger partial charge in [0.2, 0.25) is 0 Å². The molecule has 1 fully saturated rings. The Hall–Kier alpha value is -0.290. The van der Waals surface area contributed by atoms with Gasteiger partial charge in [-0.05, 0) is 47.5 Å². The molecule has 5 heteroatoms. The van der Waals surface area contributed by atoms with Gasteiger partial charge in [0.25, 0.3) is 0 Å². The fraction of sp³-hybridized carbons (Fsp3) is 0.625. The van der Waals surface area contributed by atoms with Crippen LogP contribution in [-0.4, -0.2) is 11.5 Å². The summed E-state index contributed by atoms with van der Waals surface area (Å²) >= 11 is 3.70. The van der Waals surface area contributed by atoms with Crippen LogP contribution in [0.1, 0.15) is 38.8 Å². The molecule has 0 unspecified atom stereocenters. The maximum atomic E-state index is 12.6. The molecule has 0 nitrogen and oxygen atoms in total. The standard InChI is InChI=1S/C16H21F3S2/c1-14(2,3)13-9-20-15(4,21-10-13)11-5-7-12(8-6-11)16(17,18)19/h5-8,13H,9-10H2,1-4H3/t13-,15-. The minimum atomic E-state index is -4.26. The first-order valence-corrected chi connectivity index (χ1v) is 8.95. The fourth-order valence-electron chi connectivity index (χ4n) is 2.24. The van der Waals surface area contributed by atoms with Gasteiger partial charge in [-0.2, -0.15) is 13.2 Å². The van der Waals surface area contributed by atoms with Crippen LogP contribution in [0.15, 0.2) is 24.3 Å². The van der Waals surface area contributed by atoms with Crippen LogP contribution in [0.5, 0.6) is 0 Å². The molecule has 0 radical (unpaired) electrons. The van der Waals surface area contributed by atoms with Gasteiger partial charge in [-0.1, -0.05) is 32.9 Å². The summed E-state index contributed by atoms with van der Waals surface area (Å²) in [6.07, 6.45) is -4.26. The predicted molar refractivity (Wildman–Crippen MR) is 86.7 cm³/mol. The van der Waals surface area contributed by atoms with E-state index in [2.05, 4.69) is 27.7 Å². The Labute approximate surface area is 133 Å². The Morgan fingerprint density at radius 3 is 1.86 bits per heavy atom. The lowest BCUT2D eigenvalue weighted by molar-refractivity contribution is -0.137. The van der Waals surface area contributed by atoms with Crippen molar-refractivity contribution in [1.82, 2.24) is 0 Å². The lowest BCUT2D eigenvalue weighted by Crippen LogP contribution is -2.32. The van der Waals surface area contributed by atoms with Crippen LogP contribution in [0.4, 0.5) is 13.2 Å². The average Bonchev–Trinajstić information content (AvgIpc) is 2.37. The molecule has 21 heavy (non-hydrogen) atoms. The third kappa shape index (κ3) is 3.92. The molecule has 1 aliphatic rings. The van der Waals surface area contributed by atoms with Gasteiger partial charge >= 0.3 is 6.18 Å². The number of thioether (sulfide) groups is 2. The molecule has 0 aliphatic carbocycles. The first-order valence-electron chi connectivity index (χ1n) is 6.98. The quantitative estimate of drug-likeness (QED) is 0.616. The van der Waals surface area contributed by atoms with Crippen LogP contribution in [-0.2, 0) is 10.3 Å². The monoisotopic (exact) mass is 334 g/mol. The molecule has 0 spiro atoms. The van der Waals surface area contributed by atoms with E-state index in [1.54, 1.807) is 12.1 Å². The lowest BCUT2D eigenvalue weighted by atomic mass is 9.83. The van der Waals surface area contributed by atoms with Crippen molar-refractivity contribution in [2.75, 3.05) is 11.5 Å². The molecule has 118 valence electrons. The van der Waals surface area contributed by atoms with Gasteiger partial charge < -0.3 is 0 Å². The molecule has 0 saturated carbocycles. The fourth-order valence-corrected chi connectivity index (χ4v) is 6.01.